The summed E-state index contributed by atoms with van der Waals surface area (Å²) < 4.78 is 8.01. The summed E-state index contributed by atoms with van der Waals surface area (Å²) in [7, 11) is 1.64. The Bertz CT molecular complexity index is 453. The smallest absolute Gasteiger partial charge is 0.156 e. The lowest BCUT2D eigenvalue weighted by molar-refractivity contribution is 0.414. The number of rotatable bonds is 3. The molecule has 0 radical (unpaired) electrons. The van der Waals surface area contributed by atoms with E-state index in [0.29, 0.717) is 0 Å². The maximum atomic E-state index is 5.07. The van der Waals surface area contributed by atoms with Gasteiger partial charge in [-0.1, -0.05) is 34.1 Å². The van der Waals surface area contributed by atoms with Crippen molar-refractivity contribution in [2.75, 3.05) is 7.11 Å². The Morgan fingerprint density at radius 2 is 2.20 bits per heavy atom. The van der Waals surface area contributed by atoms with Crippen LogP contribution in [0.5, 0.6) is 5.75 Å². The molecule has 1 aromatic carbocycles. The minimum Gasteiger partial charge on any atom is -0.493 e. The van der Waals surface area contributed by atoms with Crippen LogP contribution in [0, 0.1) is 0 Å². The van der Waals surface area contributed by atoms with Crippen LogP contribution in [-0.2, 0) is 6.54 Å². The predicted molar refractivity (Wildman–Crippen MR) is 62.0 cm³/mol. The highest BCUT2D eigenvalue weighted by Gasteiger charge is 2.01. The average molecular weight is 267 g/mol. The molecule has 0 aliphatic heterocycles. The Balaban J connectivity index is 2.18. The SMILES string of the molecule is COc1cnn(Cc2ccccc2Br)c1. The fourth-order valence-electron chi connectivity index (χ4n) is 1.34. The molecule has 0 spiro atoms. The number of nitrogens with zero attached hydrogens (tertiary/aromatic N) is 2. The van der Waals surface area contributed by atoms with E-state index in [-0.39, 0.29) is 0 Å². The molecule has 1 heterocycles. The molecule has 3 nitrogen and oxygen atoms in total. The largest absolute Gasteiger partial charge is 0.493 e. The van der Waals surface area contributed by atoms with Crippen molar-refractivity contribution in [1.82, 2.24) is 9.78 Å². The summed E-state index contributed by atoms with van der Waals surface area (Å²) in [5, 5.41) is 4.19. The summed E-state index contributed by atoms with van der Waals surface area (Å²) >= 11 is 3.51. The molecule has 0 fully saturated rings. The Morgan fingerprint density at radius 3 is 2.87 bits per heavy atom. The summed E-state index contributed by atoms with van der Waals surface area (Å²) in [4.78, 5) is 0. The van der Waals surface area contributed by atoms with Gasteiger partial charge in [-0.3, -0.25) is 4.68 Å². The number of hydrogen-bond donors (Lipinski definition) is 0. The van der Waals surface area contributed by atoms with Gasteiger partial charge in [0.1, 0.15) is 0 Å². The van der Waals surface area contributed by atoms with Gasteiger partial charge < -0.3 is 4.74 Å². The van der Waals surface area contributed by atoms with Crippen LogP contribution in [0.25, 0.3) is 0 Å². The topological polar surface area (TPSA) is 27.1 Å². The zero-order valence-corrected chi connectivity index (χ0v) is 9.94. The van der Waals surface area contributed by atoms with Gasteiger partial charge in [-0.05, 0) is 11.6 Å². The highest BCUT2D eigenvalue weighted by molar-refractivity contribution is 9.10. The summed E-state index contributed by atoms with van der Waals surface area (Å²) in [5.74, 6) is 0.780. The Labute approximate surface area is 96.8 Å². The van der Waals surface area contributed by atoms with Gasteiger partial charge in [0.25, 0.3) is 0 Å². The van der Waals surface area contributed by atoms with Gasteiger partial charge in [0, 0.05) is 4.47 Å². The molecule has 0 aliphatic rings. The quantitative estimate of drug-likeness (QED) is 0.854. The third-order valence-electron chi connectivity index (χ3n) is 2.14. The average Bonchev–Trinajstić information content (AvgIpc) is 2.69. The molecule has 2 rings (SSSR count). The number of methoxy groups -OCH3 is 1. The second-order valence-electron chi connectivity index (χ2n) is 3.17. The maximum Gasteiger partial charge on any atom is 0.156 e. The minimum absolute atomic E-state index is 0.741. The maximum absolute atomic E-state index is 5.07. The van der Waals surface area contributed by atoms with Crippen molar-refractivity contribution in [1.29, 1.82) is 0 Å². The van der Waals surface area contributed by atoms with Gasteiger partial charge in [-0.2, -0.15) is 5.10 Å². The van der Waals surface area contributed by atoms with Crippen LogP contribution in [0.3, 0.4) is 0 Å². The zero-order chi connectivity index (χ0) is 10.7. The molecular formula is C11H11BrN2O. The van der Waals surface area contributed by atoms with Crippen LogP contribution in [0.15, 0.2) is 41.1 Å². The van der Waals surface area contributed by atoms with Crippen LogP contribution in [0.4, 0.5) is 0 Å². The van der Waals surface area contributed by atoms with E-state index in [4.69, 9.17) is 4.74 Å². The third kappa shape index (κ3) is 2.39. The summed E-state index contributed by atoms with van der Waals surface area (Å²) in [6.45, 7) is 0.741. The Kier molecular flexibility index (Phi) is 3.06. The monoisotopic (exact) mass is 266 g/mol. The van der Waals surface area contributed by atoms with E-state index in [0.717, 1.165) is 16.8 Å². The lowest BCUT2D eigenvalue weighted by Crippen LogP contribution is -2.00. The van der Waals surface area contributed by atoms with Gasteiger partial charge in [0.05, 0.1) is 26.0 Å². The molecule has 0 saturated carbocycles. The zero-order valence-electron chi connectivity index (χ0n) is 8.35. The molecule has 78 valence electrons. The standard InChI is InChI=1S/C11H11BrN2O/c1-15-10-6-13-14(8-10)7-9-4-2-3-5-11(9)12/h2-6,8H,7H2,1H3. The van der Waals surface area contributed by atoms with E-state index in [1.165, 1.54) is 5.56 Å². The van der Waals surface area contributed by atoms with E-state index in [1.807, 2.05) is 29.1 Å². The highest BCUT2D eigenvalue weighted by atomic mass is 79.9. The van der Waals surface area contributed by atoms with E-state index in [9.17, 15) is 0 Å². The number of hydrogen-bond acceptors (Lipinski definition) is 2. The third-order valence-corrected chi connectivity index (χ3v) is 2.91. The Hall–Kier alpha value is -1.29. The van der Waals surface area contributed by atoms with Crippen molar-refractivity contribution in [3.63, 3.8) is 0 Å². The second kappa shape index (κ2) is 4.49. The molecule has 0 bridgehead atoms. The van der Waals surface area contributed by atoms with E-state index in [2.05, 4.69) is 27.1 Å². The van der Waals surface area contributed by atoms with Crippen molar-refractivity contribution in [3.05, 3.63) is 46.7 Å². The molecule has 0 unspecified atom stereocenters. The first-order valence-electron chi connectivity index (χ1n) is 4.59. The predicted octanol–water partition coefficient (Wildman–Crippen LogP) is 2.70. The van der Waals surface area contributed by atoms with Crippen LogP contribution in [0.2, 0.25) is 0 Å². The number of benzene rings is 1. The molecule has 1 aromatic heterocycles. The van der Waals surface area contributed by atoms with E-state index >= 15 is 0 Å². The minimum atomic E-state index is 0.741. The summed E-state index contributed by atoms with van der Waals surface area (Å²) in [6, 6.07) is 8.10. The molecule has 4 heteroatoms. The van der Waals surface area contributed by atoms with Crippen LogP contribution in [-0.4, -0.2) is 16.9 Å². The fourth-order valence-corrected chi connectivity index (χ4v) is 1.75. The van der Waals surface area contributed by atoms with Crippen molar-refractivity contribution in [2.24, 2.45) is 0 Å². The fraction of sp³-hybridized carbons (Fsp3) is 0.182. The van der Waals surface area contributed by atoms with Gasteiger partial charge in [0.15, 0.2) is 5.75 Å². The first-order valence-corrected chi connectivity index (χ1v) is 5.39. The second-order valence-corrected chi connectivity index (χ2v) is 4.02. The van der Waals surface area contributed by atoms with Crippen LogP contribution < -0.4 is 4.74 Å². The Morgan fingerprint density at radius 1 is 1.40 bits per heavy atom. The van der Waals surface area contributed by atoms with Crippen molar-refractivity contribution < 1.29 is 4.74 Å². The van der Waals surface area contributed by atoms with Crippen molar-refractivity contribution >= 4 is 15.9 Å². The normalized spacial score (nSPS) is 10.3. The number of aromatic nitrogens is 2. The van der Waals surface area contributed by atoms with Crippen molar-refractivity contribution in [2.45, 2.75) is 6.54 Å². The van der Waals surface area contributed by atoms with Gasteiger partial charge in [-0.25, -0.2) is 0 Å². The first-order chi connectivity index (χ1) is 7.29. The van der Waals surface area contributed by atoms with Gasteiger partial charge >= 0.3 is 0 Å². The molecule has 0 atom stereocenters. The summed E-state index contributed by atoms with van der Waals surface area (Å²) in [5.41, 5.74) is 1.20. The molecule has 0 aliphatic carbocycles. The highest BCUT2D eigenvalue weighted by Crippen LogP contribution is 2.17. The molecule has 0 saturated heterocycles. The lowest BCUT2D eigenvalue weighted by Gasteiger charge is -2.03. The van der Waals surface area contributed by atoms with Crippen LogP contribution in [0.1, 0.15) is 5.56 Å². The molecule has 2 aromatic rings. The van der Waals surface area contributed by atoms with Crippen LogP contribution >= 0.6 is 15.9 Å². The van der Waals surface area contributed by atoms with Gasteiger partial charge in [0.2, 0.25) is 0 Å². The van der Waals surface area contributed by atoms with Gasteiger partial charge in [-0.15, -0.1) is 0 Å². The molecule has 0 N–H and O–H groups in total. The summed E-state index contributed by atoms with van der Waals surface area (Å²) in [6.07, 6.45) is 3.58. The number of halogens is 1. The molecule has 0 amide bonds. The van der Waals surface area contributed by atoms with E-state index < -0.39 is 0 Å². The van der Waals surface area contributed by atoms with Crippen molar-refractivity contribution in [3.8, 4) is 5.75 Å². The number of ether oxygens (including phenoxy) is 1. The molecule has 15 heavy (non-hydrogen) atoms. The molecular weight excluding hydrogens is 256 g/mol. The van der Waals surface area contributed by atoms with E-state index in [1.54, 1.807) is 13.3 Å². The lowest BCUT2D eigenvalue weighted by atomic mass is 10.2. The first kappa shape index (κ1) is 10.2.